The van der Waals surface area contributed by atoms with Crippen molar-refractivity contribution < 1.29 is 27.3 Å². The number of pyridine rings is 1. The number of benzene rings is 1. The minimum absolute atomic E-state index is 0.000535. The van der Waals surface area contributed by atoms with Crippen molar-refractivity contribution in [2.24, 2.45) is 5.92 Å². The Morgan fingerprint density at radius 1 is 1.14 bits per heavy atom. The molecule has 0 spiro atoms. The van der Waals surface area contributed by atoms with Crippen LogP contribution in [0.15, 0.2) is 47.3 Å². The second-order valence-corrected chi connectivity index (χ2v) is 8.91. The molecule has 1 aliphatic rings. The Labute approximate surface area is 206 Å². The molecule has 1 aliphatic carbocycles. The maximum Gasteiger partial charge on any atom is 0.417 e. The van der Waals surface area contributed by atoms with Crippen LogP contribution in [0.25, 0.3) is 11.1 Å². The zero-order valence-corrected chi connectivity index (χ0v) is 20.0. The molecule has 0 saturated heterocycles. The summed E-state index contributed by atoms with van der Waals surface area (Å²) in [6.45, 7) is 3.37. The molecule has 7 nitrogen and oxygen atoms in total. The highest BCUT2D eigenvalue weighted by molar-refractivity contribution is 6.01. The molecule has 10 heteroatoms. The van der Waals surface area contributed by atoms with Gasteiger partial charge in [0.2, 0.25) is 5.91 Å². The minimum Gasteiger partial charge on any atom is -0.364 e. The number of rotatable bonds is 7. The average Bonchev–Trinajstić information content (AvgIpc) is 3.54. The average molecular weight is 501 g/mol. The maximum atomic E-state index is 13.5. The monoisotopic (exact) mass is 500 g/mol. The standard InChI is InChI=1S/C26H27F3N4O3/c1-3-21-19(14-36-33-21)24(34)32-23(17-6-4-5-7-17)25(35)31-18-10-8-16(9-11-18)22-15(2)30-13-12-20(22)26(27,28)29/h8-14,17,23H,3-7H2,1-2H3,(H,31,35)(H,32,34)/t23-/m0/s1. The van der Waals surface area contributed by atoms with E-state index in [1.165, 1.54) is 25.3 Å². The summed E-state index contributed by atoms with van der Waals surface area (Å²) in [6.07, 6.45) is 1.95. The van der Waals surface area contributed by atoms with E-state index in [1.54, 1.807) is 12.1 Å². The van der Waals surface area contributed by atoms with Crippen LogP contribution < -0.4 is 10.6 Å². The summed E-state index contributed by atoms with van der Waals surface area (Å²) in [5.74, 6) is -0.834. The molecule has 2 aromatic heterocycles. The lowest BCUT2D eigenvalue weighted by molar-refractivity contribution is -0.137. The normalized spacial score (nSPS) is 15.0. The molecule has 2 N–H and O–H groups in total. The summed E-state index contributed by atoms with van der Waals surface area (Å²) < 4.78 is 45.5. The first kappa shape index (κ1) is 25.4. The van der Waals surface area contributed by atoms with Gasteiger partial charge >= 0.3 is 6.18 Å². The summed E-state index contributed by atoms with van der Waals surface area (Å²) in [7, 11) is 0. The number of carbonyl (C=O) groups is 2. The second kappa shape index (κ2) is 10.5. The van der Waals surface area contributed by atoms with Gasteiger partial charge in [-0.2, -0.15) is 13.2 Å². The number of hydrogen-bond donors (Lipinski definition) is 2. The fraction of sp³-hybridized carbons (Fsp3) is 0.385. The highest BCUT2D eigenvalue weighted by atomic mass is 19.4. The maximum absolute atomic E-state index is 13.5. The predicted molar refractivity (Wildman–Crippen MR) is 127 cm³/mol. The van der Waals surface area contributed by atoms with E-state index >= 15 is 0 Å². The number of hydrogen-bond acceptors (Lipinski definition) is 5. The van der Waals surface area contributed by atoms with E-state index in [0.29, 0.717) is 28.9 Å². The van der Waals surface area contributed by atoms with Gasteiger partial charge in [-0.25, -0.2) is 0 Å². The molecule has 3 aromatic rings. The van der Waals surface area contributed by atoms with Crippen LogP contribution in [0.5, 0.6) is 0 Å². The summed E-state index contributed by atoms with van der Waals surface area (Å²) in [6, 6.07) is 6.31. The zero-order valence-electron chi connectivity index (χ0n) is 20.0. The number of amides is 2. The van der Waals surface area contributed by atoms with Gasteiger partial charge in [0.25, 0.3) is 5.91 Å². The predicted octanol–water partition coefficient (Wildman–Crippen LogP) is 5.55. The molecule has 0 unspecified atom stereocenters. The minimum atomic E-state index is -4.52. The lowest BCUT2D eigenvalue weighted by Crippen LogP contribution is -2.48. The van der Waals surface area contributed by atoms with E-state index in [9.17, 15) is 22.8 Å². The molecule has 1 atom stereocenters. The van der Waals surface area contributed by atoms with Crippen molar-refractivity contribution in [1.82, 2.24) is 15.5 Å². The van der Waals surface area contributed by atoms with Gasteiger partial charge in [-0.05, 0) is 55.9 Å². The molecular formula is C26H27F3N4O3. The summed E-state index contributed by atoms with van der Waals surface area (Å²) in [5, 5.41) is 9.47. The van der Waals surface area contributed by atoms with E-state index in [4.69, 9.17) is 4.52 Å². The number of aromatic nitrogens is 2. The Morgan fingerprint density at radius 2 is 1.83 bits per heavy atom. The van der Waals surface area contributed by atoms with Crippen LogP contribution in [-0.2, 0) is 17.4 Å². The first-order chi connectivity index (χ1) is 17.2. The fourth-order valence-corrected chi connectivity index (χ4v) is 4.71. The first-order valence-corrected chi connectivity index (χ1v) is 11.9. The Balaban J connectivity index is 1.53. The van der Waals surface area contributed by atoms with Crippen LogP contribution in [0.3, 0.4) is 0 Å². The third-order valence-corrected chi connectivity index (χ3v) is 6.55. The van der Waals surface area contributed by atoms with Crippen LogP contribution in [0, 0.1) is 12.8 Å². The number of nitrogens with zero attached hydrogens (tertiary/aromatic N) is 2. The quantitative estimate of drug-likeness (QED) is 0.443. The highest BCUT2D eigenvalue weighted by Crippen LogP contribution is 2.38. The van der Waals surface area contributed by atoms with E-state index in [0.717, 1.165) is 37.9 Å². The van der Waals surface area contributed by atoms with Gasteiger partial charge in [0.1, 0.15) is 17.9 Å². The van der Waals surface area contributed by atoms with Crippen LogP contribution in [0.4, 0.5) is 18.9 Å². The third-order valence-electron chi connectivity index (χ3n) is 6.55. The van der Waals surface area contributed by atoms with E-state index in [2.05, 4.69) is 20.8 Å². The van der Waals surface area contributed by atoms with Gasteiger partial charge in [-0.3, -0.25) is 14.6 Å². The van der Waals surface area contributed by atoms with Crippen molar-refractivity contribution in [2.75, 3.05) is 5.32 Å². The molecule has 1 saturated carbocycles. The van der Waals surface area contributed by atoms with Gasteiger partial charge in [0.05, 0.1) is 11.3 Å². The molecule has 0 aliphatic heterocycles. The van der Waals surface area contributed by atoms with Crippen molar-refractivity contribution in [3.05, 3.63) is 65.3 Å². The summed E-state index contributed by atoms with van der Waals surface area (Å²) in [4.78, 5) is 30.1. The molecule has 0 radical (unpaired) electrons. The molecule has 0 bridgehead atoms. The van der Waals surface area contributed by atoms with E-state index in [-0.39, 0.29) is 23.1 Å². The molecule has 2 amide bonds. The van der Waals surface area contributed by atoms with E-state index < -0.39 is 23.7 Å². The molecule has 190 valence electrons. The Morgan fingerprint density at radius 3 is 2.47 bits per heavy atom. The second-order valence-electron chi connectivity index (χ2n) is 8.91. The summed E-state index contributed by atoms with van der Waals surface area (Å²) in [5.41, 5.74) is 1.05. The Hall–Kier alpha value is -3.69. The number of halogens is 3. The van der Waals surface area contributed by atoms with Crippen molar-refractivity contribution in [2.45, 2.75) is 58.2 Å². The molecule has 1 aromatic carbocycles. The molecule has 2 heterocycles. The van der Waals surface area contributed by atoms with Gasteiger partial charge in [-0.15, -0.1) is 0 Å². The molecule has 4 rings (SSSR count). The number of aryl methyl sites for hydroxylation is 2. The first-order valence-electron chi connectivity index (χ1n) is 11.9. The highest BCUT2D eigenvalue weighted by Gasteiger charge is 2.35. The third kappa shape index (κ3) is 5.42. The SMILES string of the molecule is CCc1nocc1C(=O)N[C@H](C(=O)Nc1ccc(-c2c(C(F)(F)F)ccnc2C)cc1)C1CCCC1. The number of anilines is 1. The van der Waals surface area contributed by atoms with Crippen molar-refractivity contribution in [1.29, 1.82) is 0 Å². The molecular weight excluding hydrogens is 473 g/mol. The number of carbonyl (C=O) groups excluding carboxylic acids is 2. The van der Waals surface area contributed by atoms with E-state index in [1.807, 2.05) is 6.92 Å². The van der Waals surface area contributed by atoms with Crippen LogP contribution >= 0.6 is 0 Å². The van der Waals surface area contributed by atoms with Crippen molar-refractivity contribution in [3.63, 3.8) is 0 Å². The molecule has 1 fully saturated rings. The smallest absolute Gasteiger partial charge is 0.364 e. The van der Waals surface area contributed by atoms with Gasteiger partial charge < -0.3 is 15.2 Å². The zero-order chi connectivity index (χ0) is 25.9. The molecule has 36 heavy (non-hydrogen) atoms. The van der Waals surface area contributed by atoms with Gasteiger partial charge in [-0.1, -0.05) is 37.1 Å². The van der Waals surface area contributed by atoms with Crippen molar-refractivity contribution in [3.8, 4) is 11.1 Å². The Kier molecular flexibility index (Phi) is 7.42. The van der Waals surface area contributed by atoms with Crippen LogP contribution in [-0.4, -0.2) is 28.0 Å². The fourth-order valence-electron chi connectivity index (χ4n) is 4.71. The van der Waals surface area contributed by atoms with Crippen molar-refractivity contribution >= 4 is 17.5 Å². The lowest BCUT2D eigenvalue weighted by Gasteiger charge is -2.24. The topological polar surface area (TPSA) is 97.1 Å². The van der Waals surface area contributed by atoms with Crippen LogP contribution in [0.2, 0.25) is 0 Å². The van der Waals surface area contributed by atoms with Gasteiger partial charge in [0.15, 0.2) is 0 Å². The number of nitrogens with one attached hydrogen (secondary N) is 2. The lowest BCUT2D eigenvalue weighted by atomic mass is 9.96. The largest absolute Gasteiger partial charge is 0.417 e. The number of alkyl halides is 3. The summed E-state index contributed by atoms with van der Waals surface area (Å²) >= 11 is 0. The van der Waals surface area contributed by atoms with Crippen LogP contribution in [0.1, 0.15) is 59.9 Å². The Bertz CT molecular complexity index is 1230. The van der Waals surface area contributed by atoms with Gasteiger partial charge in [0, 0.05) is 23.1 Å².